The maximum atomic E-state index is 12.5. The van der Waals surface area contributed by atoms with Gasteiger partial charge in [0.05, 0.1) is 24.9 Å². The van der Waals surface area contributed by atoms with Gasteiger partial charge >= 0.3 is 5.97 Å². The van der Waals surface area contributed by atoms with Crippen molar-refractivity contribution < 1.29 is 23.7 Å². The van der Waals surface area contributed by atoms with Crippen molar-refractivity contribution in [2.75, 3.05) is 19.8 Å². The van der Waals surface area contributed by atoms with Crippen molar-refractivity contribution in [1.82, 2.24) is 0 Å². The summed E-state index contributed by atoms with van der Waals surface area (Å²) in [5, 5.41) is 0. The van der Waals surface area contributed by atoms with Crippen LogP contribution in [-0.2, 0) is 4.74 Å². The number of esters is 1. The highest BCUT2D eigenvalue weighted by atomic mass is 16.5. The fraction of sp³-hybridized carbons (Fsp3) is 0.606. The average Bonchev–Trinajstić information content (AvgIpc) is 2.94. The number of ether oxygens (including phenoxy) is 4. The number of hydrogen-bond donors (Lipinski definition) is 0. The zero-order valence-corrected chi connectivity index (χ0v) is 24.1. The smallest absolute Gasteiger partial charge is 0.343 e. The topological polar surface area (TPSA) is 54.0 Å². The summed E-state index contributed by atoms with van der Waals surface area (Å²) in [6.07, 6.45) is 15.9. The third-order valence-corrected chi connectivity index (χ3v) is 6.56. The van der Waals surface area contributed by atoms with E-state index >= 15 is 0 Å². The summed E-state index contributed by atoms with van der Waals surface area (Å²) in [5.74, 6) is 1.65. The minimum absolute atomic E-state index is 0.257. The Morgan fingerprint density at radius 2 is 1.08 bits per heavy atom. The first kappa shape index (κ1) is 31.7. The van der Waals surface area contributed by atoms with E-state index < -0.39 is 0 Å². The minimum atomic E-state index is -0.388. The summed E-state index contributed by atoms with van der Waals surface area (Å²) in [6.45, 7) is 8.75. The summed E-state index contributed by atoms with van der Waals surface area (Å²) in [4.78, 5) is 12.5. The molecule has 1 atom stereocenters. The minimum Gasteiger partial charge on any atom is -0.494 e. The van der Waals surface area contributed by atoms with Gasteiger partial charge in [-0.2, -0.15) is 0 Å². The first-order valence-corrected chi connectivity index (χ1v) is 14.9. The van der Waals surface area contributed by atoms with Gasteiger partial charge in [0, 0.05) is 6.61 Å². The summed E-state index contributed by atoms with van der Waals surface area (Å²) in [5.41, 5.74) is 0.496. The van der Waals surface area contributed by atoms with E-state index in [2.05, 4.69) is 20.8 Å². The van der Waals surface area contributed by atoms with Crippen molar-refractivity contribution in [3.8, 4) is 17.2 Å². The predicted octanol–water partition coefficient (Wildman–Crippen LogP) is 9.18. The van der Waals surface area contributed by atoms with Gasteiger partial charge in [-0.25, -0.2) is 4.79 Å². The van der Waals surface area contributed by atoms with E-state index in [4.69, 9.17) is 18.9 Å². The number of hydrogen-bond acceptors (Lipinski definition) is 5. The molecule has 38 heavy (non-hydrogen) atoms. The van der Waals surface area contributed by atoms with Gasteiger partial charge in [-0.1, -0.05) is 71.6 Å². The molecule has 212 valence electrons. The van der Waals surface area contributed by atoms with Gasteiger partial charge in [0.15, 0.2) is 0 Å². The van der Waals surface area contributed by atoms with Crippen molar-refractivity contribution in [3.05, 3.63) is 54.1 Å². The molecule has 0 bridgehead atoms. The highest BCUT2D eigenvalue weighted by molar-refractivity contribution is 5.91. The van der Waals surface area contributed by atoms with E-state index in [9.17, 15) is 4.79 Å². The van der Waals surface area contributed by atoms with Crippen LogP contribution in [0, 0.1) is 0 Å². The molecular formula is C33H50O5. The Balaban J connectivity index is 1.60. The largest absolute Gasteiger partial charge is 0.494 e. The molecule has 0 spiro atoms. The Labute approximate surface area is 231 Å². The Bertz CT molecular complexity index is 847. The van der Waals surface area contributed by atoms with E-state index in [0.29, 0.717) is 24.5 Å². The second-order valence-electron chi connectivity index (χ2n) is 10.1. The van der Waals surface area contributed by atoms with Crippen molar-refractivity contribution in [3.63, 3.8) is 0 Å². The van der Waals surface area contributed by atoms with Crippen molar-refractivity contribution in [2.24, 2.45) is 0 Å². The second-order valence-corrected chi connectivity index (χ2v) is 10.1. The quantitative estimate of drug-likeness (QED) is 0.0869. The maximum absolute atomic E-state index is 12.5. The van der Waals surface area contributed by atoms with Crippen LogP contribution in [0.5, 0.6) is 17.2 Å². The van der Waals surface area contributed by atoms with E-state index in [0.717, 1.165) is 43.8 Å². The molecular weight excluding hydrogens is 476 g/mol. The Kier molecular flexibility index (Phi) is 17.0. The van der Waals surface area contributed by atoms with Gasteiger partial charge in [0.2, 0.25) is 0 Å². The zero-order chi connectivity index (χ0) is 27.3. The third-order valence-electron chi connectivity index (χ3n) is 6.56. The average molecular weight is 527 g/mol. The van der Waals surface area contributed by atoms with Crippen molar-refractivity contribution >= 4 is 5.97 Å². The molecule has 1 unspecified atom stereocenters. The van der Waals surface area contributed by atoms with Crippen LogP contribution in [-0.4, -0.2) is 31.9 Å². The molecule has 2 aromatic rings. The molecule has 2 aromatic carbocycles. The summed E-state index contributed by atoms with van der Waals surface area (Å²) >= 11 is 0. The SMILES string of the molecule is CCCCCCCCCCOc1ccc(C(=O)Oc2ccc(OCCCC(C)OCCCCC)cc2)cc1. The lowest BCUT2D eigenvalue weighted by Gasteiger charge is -2.13. The normalized spacial score (nSPS) is 11.8. The number of carbonyl (C=O) groups is 1. The van der Waals surface area contributed by atoms with E-state index in [1.54, 1.807) is 24.3 Å². The molecule has 0 radical (unpaired) electrons. The summed E-state index contributed by atoms with van der Waals surface area (Å²) in [6, 6.07) is 14.3. The summed E-state index contributed by atoms with van der Waals surface area (Å²) < 4.78 is 23.0. The Hall–Kier alpha value is -2.53. The molecule has 0 aliphatic rings. The van der Waals surface area contributed by atoms with Crippen LogP contribution >= 0.6 is 0 Å². The van der Waals surface area contributed by atoms with Gasteiger partial charge < -0.3 is 18.9 Å². The predicted molar refractivity (Wildman–Crippen MR) is 156 cm³/mol. The molecule has 0 amide bonds. The van der Waals surface area contributed by atoms with Crippen LogP contribution in [0.25, 0.3) is 0 Å². The lowest BCUT2D eigenvalue weighted by atomic mass is 10.1. The molecule has 0 saturated heterocycles. The van der Waals surface area contributed by atoms with E-state index in [1.807, 2.05) is 24.3 Å². The van der Waals surface area contributed by atoms with Crippen LogP contribution in [0.1, 0.15) is 115 Å². The monoisotopic (exact) mass is 526 g/mol. The molecule has 0 heterocycles. The van der Waals surface area contributed by atoms with Gasteiger partial charge in [-0.05, 0) is 81.1 Å². The molecule has 0 N–H and O–H groups in total. The first-order chi connectivity index (χ1) is 18.6. The van der Waals surface area contributed by atoms with Crippen LogP contribution in [0.2, 0.25) is 0 Å². The zero-order valence-electron chi connectivity index (χ0n) is 24.1. The first-order valence-electron chi connectivity index (χ1n) is 14.9. The number of rotatable bonds is 22. The van der Waals surface area contributed by atoms with Crippen molar-refractivity contribution in [2.45, 2.75) is 110 Å². The molecule has 5 heteroatoms. The molecule has 5 nitrogen and oxygen atoms in total. The van der Waals surface area contributed by atoms with Crippen LogP contribution in [0.15, 0.2) is 48.5 Å². The fourth-order valence-corrected chi connectivity index (χ4v) is 4.16. The Morgan fingerprint density at radius 3 is 1.71 bits per heavy atom. The molecule has 0 fully saturated rings. The van der Waals surface area contributed by atoms with Gasteiger partial charge in [0.25, 0.3) is 0 Å². The highest BCUT2D eigenvalue weighted by Gasteiger charge is 2.09. The third kappa shape index (κ3) is 14.4. The molecule has 0 saturated carbocycles. The fourth-order valence-electron chi connectivity index (χ4n) is 4.16. The number of benzene rings is 2. The molecule has 2 rings (SSSR count). The lowest BCUT2D eigenvalue weighted by molar-refractivity contribution is 0.0537. The van der Waals surface area contributed by atoms with Crippen LogP contribution < -0.4 is 14.2 Å². The van der Waals surface area contributed by atoms with Gasteiger partial charge in [0.1, 0.15) is 17.2 Å². The number of carbonyl (C=O) groups excluding carboxylic acids is 1. The standard InChI is InChI=1S/C33H50O5/c1-4-6-8-9-10-11-12-14-26-36-30-19-17-29(18-20-30)33(34)38-32-23-21-31(22-24-32)37-27-15-16-28(3)35-25-13-7-5-2/h17-24,28H,4-16,25-27H2,1-3H3. The summed E-state index contributed by atoms with van der Waals surface area (Å²) in [7, 11) is 0. The molecule has 0 aromatic heterocycles. The highest BCUT2D eigenvalue weighted by Crippen LogP contribution is 2.20. The molecule has 0 aliphatic carbocycles. The van der Waals surface area contributed by atoms with Crippen LogP contribution in [0.4, 0.5) is 0 Å². The van der Waals surface area contributed by atoms with Gasteiger partial charge in [-0.3, -0.25) is 0 Å². The Morgan fingerprint density at radius 1 is 0.605 bits per heavy atom. The number of unbranched alkanes of at least 4 members (excludes halogenated alkanes) is 9. The van der Waals surface area contributed by atoms with Crippen LogP contribution in [0.3, 0.4) is 0 Å². The van der Waals surface area contributed by atoms with Crippen molar-refractivity contribution in [1.29, 1.82) is 0 Å². The maximum Gasteiger partial charge on any atom is 0.343 e. The van der Waals surface area contributed by atoms with E-state index in [1.165, 1.54) is 57.8 Å². The molecule has 0 aliphatic heterocycles. The van der Waals surface area contributed by atoms with E-state index in [-0.39, 0.29) is 12.1 Å². The lowest BCUT2D eigenvalue weighted by Crippen LogP contribution is -2.11. The van der Waals surface area contributed by atoms with Gasteiger partial charge in [-0.15, -0.1) is 0 Å². The second kappa shape index (κ2) is 20.4.